The second-order valence-corrected chi connectivity index (χ2v) is 4.52. The SMILES string of the molecule is C#CCn1c(-c2ccccc2)nc(C(C)C)c1N. The maximum absolute atomic E-state index is 6.13. The summed E-state index contributed by atoms with van der Waals surface area (Å²) in [7, 11) is 0. The zero-order chi connectivity index (χ0) is 13.1. The molecule has 0 aliphatic heterocycles. The van der Waals surface area contributed by atoms with E-state index in [4.69, 9.17) is 12.2 Å². The van der Waals surface area contributed by atoms with Gasteiger partial charge < -0.3 is 5.73 Å². The molecule has 0 unspecified atom stereocenters. The van der Waals surface area contributed by atoms with Crippen LogP contribution >= 0.6 is 0 Å². The van der Waals surface area contributed by atoms with E-state index in [0.29, 0.717) is 12.4 Å². The van der Waals surface area contributed by atoms with Crippen LogP contribution in [-0.4, -0.2) is 9.55 Å². The highest BCUT2D eigenvalue weighted by molar-refractivity contribution is 5.61. The van der Waals surface area contributed by atoms with Crippen LogP contribution in [-0.2, 0) is 6.54 Å². The molecular formula is C15H17N3. The van der Waals surface area contributed by atoms with E-state index in [1.165, 1.54) is 0 Å². The molecule has 92 valence electrons. The molecule has 0 fully saturated rings. The maximum Gasteiger partial charge on any atom is 0.142 e. The Morgan fingerprint density at radius 1 is 1.33 bits per heavy atom. The standard InChI is InChI=1S/C15H17N3/c1-4-10-18-14(16)13(11(2)3)17-15(18)12-8-6-5-7-9-12/h1,5-9,11H,10,16H2,2-3H3. The predicted octanol–water partition coefficient (Wildman–Crippen LogP) is 2.89. The molecule has 0 saturated carbocycles. The first kappa shape index (κ1) is 12.3. The van der Waals surface area contributed by atoms with Gasteiger partial charge in [-0.05, 0) is 5.92 Å². The van der Waals surface area contributed by atoms with E-state index in [1.807, 2.05) is 34.9 Å². The molecule has 0 saturated heterocycles. The van der Waals surface area contributed by atoms with Crippen molar-refractivity contribution in [3.05, 3.63) is 36.0 Å². The van der Waals surface area contributed by atoms with Crippen molar-refractivity contribution in [3.63, 3.8) is 0 Å². The highest BCUT2D eigenvalue weighted by Gasteiger charge is 2.17. The minimum Gasteiger partial charge on any atom is -0.383 e. The van der Waals surface area contributed by atoms with Gasteiger partial charge in [0.2, 0.25) is 0 Å². The van der Waals surface area contributed by atoms with Crippen LogP contribution in [0.3, 0.4) is 0 Å². The lowest BCUT2D eigenvalue weighted by Crippen LogP contribution is -2.04. The van der Waals surface area contributed by atoms with E-state index in [0.717, 1.165) is 17.1 Å². The van der Waals surface area contributed by atoms with Crippen molar-refractivity contribution in [1.29, 1.82) is 0 Å². The van der Waals surface area contributed by atoms with Gasteiger partial charge in [-0.3, -0.25) is 4.57 Å². The lowest BCUT2D eigenvalue weighted by Gasteiger charge is -2.06. The zero-order valence-electron chi connectivity index (χ0n) is 10.7. The van der Waals surface area contributed by atoms with Gasteiger partial charge in [0.05, 0.1) is 12.2 Å². The van der Waals surface area contributed by atoms with Gasteiger partial charge in [0.1, 0.15) is 11.6 Å². The summed E-state index contributed by atoms with van der Waals surface area (Å²) in [6.45, 7) is 4.59. The van der Waals surface area contributed by atoms with Crippen LogP contribution < -0.4 is 5.73 Å². The van der Waals surface area contributed by atoms with E-state index >= 15 is 0 Å². The van der Waals surface area contributed by atoms with Crippen LogP contribution in [0.15, 0.2) is 30.3 Å². The summed E-state index contributed by atoms with van der Waals surface area (Å²) in [6, 6.07) is 9.97. The quantitative estimate of drug-likeness (QED) is 0.837. The van der Waals surface area contributed by atoms with Gasteiger partial charge >= 0.3 is 0 Å². The van der Waals surface area contributed by atoms with Crippen molar-refractivity contribution in [1.82, 2.24) is 9.55 Å². The molecule has 0 amide bonds. The fraction of sp³-hybridized carbons (Fsp3) is 0.267. The van der Waals surface area contributed by atoms with Crippen LogP contribution in [0, 0.1) is 12.3 Å². The first-order valence-electron chi connectivity index (χ1n) is 6.00. The summed E-state index contributed by atoms with van der Waals surface area (Å²) in [5.41, 5.74) is 8.07. The molecule has 2 aromatic rings. The Kier molecular flexibility index (Phi) is 3.38. The van der Waals surface area contributed by atoms with E-state index in [2.05, 4.69) is 24.8 Å². The Morgan fingerprint density at radius 2 is 2.00 bits per heavy atom. The average Bonchev–Trinajstić information content (AvgIpc) is 2.69. The lowest BCUT2D eigenvalue weighted by molar-refractivity contribution is 0.829. The Morgan fingerprint density at radius 3 is 2.56 bits per heavy atom. The van der Waals surface area contributed by atoms with Crippen LogP contribution in [0.5, 0.6) is 0 Å². The van der Waals surface area contributed by atoms with E-state index in [-0.39, 0.29) is 5.92 Å². The molecule has 1 heterocycles. The zero-order valence-corrected chi connectivity index (χ0v) is 10.7. The largest absolute Gasteiger partial charge is 0.383 e. The summed E-state index contributed by atoms with van der Waals surface area (Å²) in [4.78, 5) is 4.64. The Bertz CT molecular complexity index is 574. The van der Waals surface area contributed by atoms with Crippen molar-refractivity contribution in [2.75, 3.05) is 5.73 Å². The number of rotatable bonds is 3. The Hall–Kier alpha value is -2.21. The molecule has 0 radical (unpaired) electrons. The second kappa shape index (κ2) is 4.97. The third-order valence-corrected chi connectivity index (χ3v) is 2.86. The van der Waals surface area contributed by atoms with Crippen molar-refractivity contribution in [3.8, 4) is 23.7 Å². The summed E-state index contributed by atoms with van der Waals surface area (Å²) >= 11 is 0. The second-order valence-electron chi connectivity index (χ2n) is 4.52. The molecule has 3 heteroatoms. The smallest absolute Gasteiger partial charge is 0.142 e. The molecule has 0 aliphatic carbocycles. The third-order valence-electron chi connectivity index (χ3n) is 2.86. The topological polar surface area (TPSA) is 43.8 Å². The predicted molar refractivity (Wildman–Crippen MR) is 75.0 cm³/mol. The van der Waals surface area contributed by atoms with E-state index < -0.39 is 0 Å². The first-order chi connectivity index (χ1) is 8.65. The van der Waals surface area contributed by atoms with E-state index in [1.54, 1.807) is 0 Å². The number of nitrogens with two attached hydrogens (primary N) is 1. The average molecular weight is 239 g/mol. The summed E-state index contributed by atoms with van der Waals surface area (Å²) < 4.78 is 1.89. The van der Waals surface area contributed by atoms with Gasteiger partial charge in [-0.2, -0.15) is 0 Å². The number of anilines is 1. The number of hydrogen-bond acceptors (Lipinski definition) is 2. The minimum atomic E-state index is 0.284. The monoisotopic (exact) mass is 239 g/mol. The molecular weight excluding hydrogens is 222 g/mol. The van der Waals surface area contributed by atoms with Gasteiger partial charge in [-0.15, -0.1) is 6.42 Å². The highest BCUT2D eigenvalue weighted by Crippen LogP contribution is 2.28. The Balaban J connectivity index is 2.60. The molecule has 1 aromatic carbocycles. The third kappa shape index (κ3) is 2.10. The summed E-state index contributed by atoms with van der Waals surface area (Å²) in [5.74, 6) is 4.42. The number of aromatic nitrogens is 2. The number of benzene rings is 1. The number of hydrogen-bond donors (Lipinski definition) is 1. The summed E-state index contributed by atoms with van der Waals surface area (Å²) in [6.07, 6.45) is 5.41. The van der Waals surface area contributed by atoms with Gasteiger partial charge in [-0.1, -0.05) is 50.1 Å². The van der Waals surface area contributed by atoms with Gasteiger partial charge in [0.15, 0.2) is 0 Å². The van der Waals surface area contributed by atoms with Gasteiger partial charge in [0.25, 0.3) is 0 Å². The lowest BCUT2D eigenvalue weighted by atomic mass is 10.1. The van der Waals surface area contributed by atoms with Crippen molar-refractivity contribution >= 4 is 5.82 Å². The number of imidazole rings is 1. The van der Waals surface area contributed by atoms with Crippen LogP contribution in [0.2, 0.25) is 0 Å². The van der Waals surface area contributed by atoms with Crippen molar-refractivity contribution in [2.24, 2.45) is 0 Å². The molecule has 0 bridgehead atoms. The molecule has 2 rings (SSSR count). The number of terminal acetylenes is 1. The molecule has 0 aliphatic rings. The van der Waals surface area contributed by atoms with Crippen LogP contribution in [0.1, 0.15) is 25.5 Å². The van der Waals surface area contributed by atoms with Crippen molar-refractivity contribution < 1.29 is 0 Å². The highest BCUT2D eigenvalue weighted by atomic mass is 15.1. The van der Waals surface area contributed by atoms with Gasteiger partial charge in [-0.25, -0.2) is 4.98 Å². The number of nitrogens with zero attached hydrogens (tertiary/aromatic N) is 2. The summed E-state index contributed by atoms with van der Waals surface area (Å²) in [5, 5.41) is 0. The van der Waals surface area contributed by atoms with Crippen LogP contribution in [0.25, 0.3) is 11.4 Å². The van der Waals surface area contributed by atoms with Crippen LogP contribution in [0.4, 0.5) is 5.82 Å². The first-order valence-corrected chi connectivity index (χ1v) is 6.00. The normalized spacial score (nSPS) is 10.6. The Labute approximate surface area is 108 Å². The van der Waals surface area contributed by atoms with Crippen molar-refractivity contribution in [2.45, 2.75) is 26.3 Å². The number of nitrogen functional groups attached to an aromatic ring is 1. The molecule has 1 aromatic heterocycles. The molecule has 0 spiro atoms. The fourth-order valence-corrected chi connectivity index (χ4v) is 1.97. The molecule has 0 atom stereocenters. The molecule has 2 N–H and O–H groups in total. The minimum absolute atomic E-state index is 0.284. The fourth-order valence-electron chi connectivity index (χ4n) is 1.97. The van der Waals surface area contributed by atoms with E-state index in [9.17, 15) is 0 Å². The molecule has 3 nitrogen and oxygen atoms in total. The molecule has 18 heavy (non-hydrogen) atoms. The van der Waals surface area contributed by atoms with Gasteiger partial charge in [0, 0.05) is 5.56 Å². The maximum atomic E-state index is 6.13.